The van der Waals surface area contributed by atoms with Crippen LogP contribution in [0.1, 0.15) is 39.5 Å². The molecule has 1 saturated heterocycles. The van der Waals surface area contributed by atoms with Crippen molar-refractivity contribution in [3.63, 3.8) is 0 Å². The first-order chi connectivity index (χ1) is 13.2. The summed E-state index contributed by atoms with van der Waals surface area (Å²) in [6.07, 6.45) is 2.82. The Kier molecular flexibility index (Phi) is 7.48. The Bertz CT molecular complexity index is 779. The molecule has 0 aromatic carbocycles. The highest BCUT2D eigenvalue weighted by Crippen LogP contribution is 2.35. The highest BCUT2D eigenvalue weighted by Gasteiger charge is 2.33. The predicted octanol–water partition coefficient (Wildman–Crippen LogP) is 3.55. The molecule has 1 aromatic heterocycles. The van der Waals surface area contributed by atoms with Crippen molar-refractivity contribution in [1.29, 1.82) is 0 Å². The molecule has 2 aliphatic rings. The third-order valence-electron chi connectivity index (χ3n) is 5.64. The molecule has 2 heterocycles. The number of sulfonamides is 1. The molecule has 1 aliphatic heterocycles. The van der Waals surface area contributed by atoms with Gasteiger partial charge in [-0.25, -0.2) is 13.1 Å². The average molecular weight is 513 g/mol. The molecule has 0 radical (unpaired) electrons. The number of thiophene rings is 1. The number of nitrogens with zero attached hydrogens (tertiary/aromatic N) is 2. The SMILES string of the molecule is CC(C)N1CCN(C(=O)C2CCC(NS(=O)(=O)c3cc(Br)c(Cl)s3)CC2)CC1. The first-order valence-electron chi connectivity index (χ1n) is 9.67. The highest BCUT2D eigenvalue weighted by molar-refractivity contribution is 9.10. The molecule has 0 bridgehead atoms. The zero-order valence-electron chi connectivity index (χ0n) is 16.2. The molecule has 1 aromatic rings. The maximum atomic E-state index is 12.8. The maximum Gasteiger partial charge on any atom is 0.250 e. The Morgan fingerprint density at radius 3 is 2.32 bits per heavy atom. The Balaban J connectivity index is 1.50. The van der Waals surface area contributed by atoms with Crippen molar-refractivity contribution in [3.05, 3.63) is 14.9 Å². The molecule has 0 spiro atoms. The molecule has 0 atom stereocenters. The molecule has 1 aliphatic carbocycles. The lowest BCUT2D eigenvalue weighted by molar-refractivity contribution is -0.138. The molecule has 28 heavy (non-hydrogen) atoms. The van der Waals surface area contributed by atoms with Crippen molar-refractivity contribution in [2.75, 3.05) is 26.2 Å². The van der Waals surface area contributed by atoms with Crippen LogP contribution < -0.4 is 4.72 Å². The van der Waals surface area contributed by atoms with E-state index in [9.17, 15) is 13.2 Å². The predicted molar refractivity (Wildman–Crippen MR) is 116 cm³/mol. The van der Waals surface area contributed by atoms with Crippen molar-refractivity contribution in [1.82, 2.24) is 14.5 Å². The lowest BCUT2D eigenvalue weighted by Gasteiger charge is -2.39. The number of carbonyl (C=O) groups is 1. The van der Waals surface area contributed by atoms with Crippen LogP contribution in [0.4, 0.5) is 0 Å². The van der Waals surface area contributed by atoms with Crippen LogP contribution in [-0.2, 0) is 14.8 Å². The van der Waals surface area contributed by atoms with Crippen LogP contribution in [0, 0.1) is 5.92 Å². The highest BCUT2D eigenvalue weighted by atomic mass is 79.9. The van der Waals surface area contributed by atoms with Crippen LogP contribution >= 0.6 is 38.9 Å². The van der Waals surface area contributed by atoms with Crippen molar-refractivity contribution in [3.8, 4) is 0 Å². The third kappa shape index (κ3) is 5.29. The number of hydrogen-bond donors (Lipinski definition) is 1. The van der Waals surface area contributed by atoms with Crippen LogP contribution in [0.15, 0.2) is 14.7 Å². The number of rotatable bonds is 5. The van der Waals surface area contributed by atoms with E-state index in [2.05, 4.69) is 39.4 Å². The first kappa shape index (κ1) is 22.5. The van der Waals surface area contributed by atoms with Gasteiger partial charge in [-0.2, -0.15) is 0 Å². The third-order valence-corrected chi connectivity index (χ3v) is 10.1. The number of halogens is 2. The summed E-state index contributed by atoms with van der Waals surface area (Å²) in [6.45, 7) is 7.80. The standard InChI is InChI=1S/C18H27BrClN3O3S2/c1-12(2)22-7-9-23(10-8-22)18(24)13-3-5-14(6-4-13)21-28(25,26)16-11-15(19)17(20)27-16/h11-14,21H,3-10H2,1-2H3. The molecule has 6 nitrogen and oxygen atoms in total. The monoisotopic (exact) mass is 511 g/mol. The van der Waals surface area contributed by atoms with E-state index in [1.165, 1.54) is 6.07 Å². The fourth-order valence-corrected chi connectivity index (χ4v) is 7.53. The Hall–Kier alpha value is -0.190. The smallest absolute Gasteiger partial charge is 0.250 e. The van der Waals surface area contributed by atoms with E-state index < -0.39 is 10.0 Å². The van der Waals surface area contributed by atoms with E-state index in [1.807, 2.05) is 4.90 Å². The van der Waals surface area contributed by atoms with Crippen LogP contribution in [-0.4, -0.2) is 62.4 Å². The zero-order chi connectivity index (χ0) is 20.5. The quantitative estimate of drug-likeness (QED) is 0.655. The van der Waals surface area contributed by atoms with E-state index in [4.69, 9.17) is 11.6 Å². The molecule has 158 valence electrons. The summed E-state index contributed by atoms with van der Waals surface area (Å²) in [5.74, 6) is 0.246. The lowest BCUT2D eigenvalue weighted by Crippen LogP contribution is -2.52. The largest absolute Gasteiger partial charge is 0.340 e. The van der Waals surface area contributed by atoms with E-state index in [0.29, 0.717) is 27.7 Å². The topological polar surface area (TPSA) is 69.7 Å². The minimum Gasteiger partial charge on any atom is -0.340 e. The number of nitrogens with one attached hydrogen (secondary N) is 1. The minimum absolute atomic E-state index is 0.0108. The second-order valence-electron chi connectivity index (χ2n) is 7.81. The minimum atomic E-state index is -3.58. The fraction of sp³-hybridized carbons (Fsp3) is 0.722. The Morgan fingerprint density at radius 2 is 1.82 bits per heavy atom. The van der Waals surface area contributed by atoms with Gasteiger partial charge in [0, 0.05) is 48.7 Å². The van der Waals surface area contributed by atoms with Gasteiger partial charge in [0.1, 0.15) is 8.55 Å². The number of piperazine rings is 1. The molecule has 1 amide bonds. The zero-order valence-corrected chi connectivity index (χ0v) is 20.1. The Morgan fingerprint density at radius 1 is 1.21 bits per heavy atom. The van der Waals surface area contributed by atoms with Gasteiger partial charge in [0.25, 0.3) is 0 Å². The van der Waals surface area contributed by atoms with Gasteiger partial charge in [0.15, 0.2) is 0 Å². The Labute approximate surface area is 184 Å². The molecule has 0 unspecified atom stereocenters. The summed E-state index contributed by atoms with van der Waals surface area (Å²) in [5.41, 5.74) is 0. The fourth-order valence-electron chi connectivity index (χ4n) is 3.91. The van der Waals surface area contributed by atoms with Gasteiger partial charge in [-0.1, -0.05) is 11.6 Å². The van der Waals surface area contributed by atoms with E-state index in [-0.39, 0.29) is 22.1 Å². The summed E-state index contributed by atoms with van der Waals surface area (Å²) >= 11 is 10.3. The number of hydrogen-bond acceptors (Lipinski definition) is 5. The number of carbonyl (C=O) groups excluding carboxylic acids is 1. The molecule has 3 rings (SSSR count). The molecule has 1 saturated carbocycles. The second kappa shape index (κ2) is 9.31. The van der Waals surface area contributed by atoms with Crippen molar-refractivity contribution >= 4 is 54.8 Å². The lowest BCUT2D eigenvalue weighted by atomic mass is 9.85. The van der Waals surface area contributed by atoms with E-state index >= 15 is 0 Å². The summed E-state index contributed by atoms with van der Waals surface area (Å²) in [5, 5.41) is 0. The van der Waals surface area contributed by atoms with Gasteiger partial charge >= 0.3 is 0 Å². The van der Waals surface area contributed by atoms with Crippen LogP contribution in [0.2, 0.25) is 4.34 Å². The van der Waals surface area contributed by atoms with Crippen LogP contribution in [0.5, 0.6) is 0 Å². The summed E-state index contributed by atoms with van der Waals surface area (Å²) in [6, 6.07) is 1.91. The van der Waals surface area contributed by atoms with Crippen LogP contribution in [0.3, 0.4) is 0 Å². The normalized spacial score (nSPS) is 24.7. The van der Waals surface area contributed by atoms with E-state index in [0.717, 1.165) is 50.4 Å². The van der Waals surface area contributed by atoms with Gasteiger partial charge in [0.2, 0.25) is 15.9 Å². The molecular weight excluding hydrogens is 486 g/mol. The van der Waals surface area contributed by atoms with Gasteiger partial charge in [-0.15, -0.1) is 11.3 Å². The molecule has 10 heteroatoms. The maximum absolute atomic E-state index is 12.8. The summed E-state index contributed by atoms with van der Waals surface area (Å²) in [7, 11) is -3.58. The molecule has 2 fully saturated rings. The van der Waals surface area contributed by atoms with Gasteiger partial charge in [-0.05, 0) is 61.5 Å². The molecule has 1 N–H and O–H groups in total. The van der Waals surface area contributed by atoms with Crippen molar-refractivity contribution in [2.45, 2.75) is 55.8 Å². The van der Waals surface area contributed by atoms with E-state index in [1.54, 1.807) is 0 Å². The number of amides is 1. The summed E-state index contributed by atoms with van der Waals surface area (Å²) in [4.78, 5) is 17.2. The summed E-state index contributed by atoms with van der Waals surface area (Å²) < 4.78 is 29.1. The van der Waals surface area contributed by atoms with Gasteiger partial charge in [-0.3, -0.25) is 9.69 Å². The second-order valence-corrected chi connectivity index (χ2v) is 12.3. The average Bonchev–Trinajstić information content (AvgIpc) is 3.01. The van der Waals surface area contributed by atoms with Gasteiger partial charge in [0.05, 0.1) is 0 Å². The van der Waals surface area contributed by atoms with Crippen molar-refractivity contribution in [2.24, 2.45) is 5.92 Å². The van der Waals surface area contributed by atoms with Crippen LogP contribution in [0.25, 0.3) is 0 Å². The van der Waals surface area contributed by atoms with Crippen molar-refractivity contribution < 1.29 is 13.2 Å². The first-order valence-corrected chi connectivity index (χ1v) is 13.1. The van der Waals surface area contributed by atoms with Gasteiger partial charge < -0.3 is 4.90 Å². The molecular formula is C18H27BrClN3O3S2.